The van der Waals surface area contributed by atoms with Crippen molar-refractivity contribution in [3.05, 3.63) is 0 Å². The number of unbranched alkanes of at least 4 members (excludes halogenated alkanes) is 1. The molecule has 0 saturated carbocycles. The van der Waals surface area contributed by atoms with Crippen molar-refractivity contribution in [3.63, 3.8) is 0 Å². The minimum atomic E-state index is -0.834. The molecule has 82 valence electrons. The number of aliphatic carboxylic acids is 1. The predicted octanol–water partition coefficient (Wildman–Crippen LogP) is 1.84. The number of thiol groups is 1. The Bertz CT molecular complexity index is 193. The van der Waals surface area contributed by atoms with Crippen LogP contribution in [-0.4, -0.2) is 22.5 Å². The number of esters is 1. The highest BCUT2D eigenvalue weighted by Gasteiger charge is 2.07. The minimum Gasteiger partial charge on any atom is -0.481 e. The summed E-state index contributed by atoms with van der Waals surface area (Å²) in [6.07, 6.45) is 2.10. The molecular formula is C9H16O4S. The summed E-state index contributed by atoms with van der Waals surface area (Å²) in [4.78, 5) is 21.2. The number of carboxylic acid groups (broad SMARTS) is 1. The number of hydrogen-bond acceptors (Lipinski definition) is 4. The molecule has 0 amide bonds. The molecule has 0 bridgehead atoms. The molecule has 0 heterocycles. The van der Waals surface area contributed by atoms with Gasteiger partial charge in [-0.3, -0.25) is 9.59 Å². The molecule has 1 unspecified atom stereocenters. The van der Waals surface area contributed by atoms with Crippen molar-refractivity contribution in [1.82, 2.24) is 0 Å². The number of carbonyl (C=O) groups is 2. The Morgan fingerprint density at radius 2 is 1.93 bits per heavy atom. The molecule has 0 aliphatic rings. The zero-order chi connectivity index (χ0) is 11.0. The van der Waals surface area contributed by atoms with Crippen molar-refractivity contribution in [3.8, 4) is 0 Å². The van der Waals surface area contributed by atoms with Gasteiger partial charge in [-0.15, -0.1) is 12.6 Å². The van der Waals surface area contributed by atoms with Gasteiger partial charge < -0.3 is 9.84 Å². The van der Waals surface area contributed by atoms with E-state index in [4.69, 9.17) is 9.84 Å². The SMILES string of the molecule is CCC(S)OC(=O)CCCCC(=O)O. The van der Waals surface area contributed by atoms with E-state index in [9.17, 15) is 9.59 Å². The first-order valence-corrected chi connectivity index (χ1v) is 5.17. The van der Waals surface area contributed by atoms with E-state index in [1.54, 1.807) is 0 Å². The third kappa shape index (κ3) is 7.91. The fourth-order valence-corrected chi connectivity index (χ4v) is 0.957. The second-order valence-corrected chi connectivity index (χ2v) is 3.53. The van der Waals surface area contributed by atoms with Gasteiger partial charge in [-0.2, -0.15) is 0 Å². The van der Waals surface area contributed by atoms with Crippen molar-refractivity contribution in [2.75, 3.05) is 0 Å². The molecule has 0 spiro atoms. The first kappa shape index (κ1) is 13.3. The topological polar surface area (TPSA) is 63.6 Å². The summed E-state index contributed by atoms with van der Waals surface area (Å²) in [7, 11) is 0. The van der Waals surface area contributed by atoms with Gasteiger partial charge in [0.25, 0.3) is 0 Å². The summed E-state index contributed by atoms with van der Waals surface area (Å²) >= 11 is 4.01. The highest BCUT2D eigenvalue weighted by Crippen LogP contribution is 2.07. The van der Waals surface area contributed by atoms with E-state index in [0.29, 0.717) is 19.3 Å². The van der Waals surface area contributed by atoms with Crippen LogP contribution in [0.1, 0.15) is 39.0 Å². The van der Waals surface area contributed by atoms with Crippen molar-refractivity contribution < 1.29 is 19.4 Å². The van der Waals surface area contributed by atoms with Gasteiger partial charge in [0.15, 0.2) is 0 Å². The van der Waals surface area contributed by atoms with Crippen LogP contribution in [0.25, 0.3) is 0 Å². The molecule has 1 atom stereocenters. The molecule has 0 aliphatic heterocycles. The monoisotopic (exact) mass is 220 g/mol. The van der Waals surface area contributed by atoms with Gasteiger partial charge in [-0.25, -0.2) is 0 Å². The van der Waals surface area contributed by atoms with Gasteiger partial charge in [-0.05, 0) is 19.3 Å². The summed E-state index contributed by atoms with van der Waals surface area (Å²) in [5.74, 6) is -1.14. The van der Waals surface area contributed by atoms with E-state index in [1.807, 2.05) is 6.92 Å². The molecular weight excluding hydrogens is 204 g/mol. The highest BCUT2D eigenvalue weighted by atomic mass is 32.1. The lowest BCUT2D eigenvalue weighted by molar-refractivity contribution is -0.145. The molecule has 0 aromatic carbocycles. The zero-order valence-corrected chi connectivity index (χ0v) is 9.13. The summed E-state index contributed by atoms with van der Waals surface area (Å²) in [5, 5.41) is 8.33. The van der Waals surface area contributed by atoms with Gasteiger partial charge in [0.2, 0.25) is 0 Å². The van der Waals surface area contributed by atoms with Crippen LogP contribution in [0.4, 0.5) is 0 Å². The third-order valence-corrected chi connectivity index (χ3v) is 2.11. The second kappa shape index (κ2) is 7.67. The van der Waals surface area contributed by atoms with E-state index in [1.165, 1.54) is 0 Å². The molecule has 0 fully saturated rings. The molecule has 14 heavy (non-hydrogen) atoms. The number of carboxylic acids is 1. The summed E-state index contributed by atoms with van der Waals surface area (Å²) < 4.78 is 4.88. The average Bonchev–Trinajstić information content (AvgIpc) is 2.12. The van der Waals surface area contributed by atoms with Crippen LogP contribution < -0.4 is 0 Å². The Morgan fingerprint density at radius 3 is 2.43 bits per heavy atom. The van der Waals surface area contributed by atoms with E-state index in [0.717, 1.165) is 0 Å². The molecule has 5 heteroatoms. The molecule has 0 rings (SSSR count). The normalized spacial score (nSPS) is 12.1. The van der Waals surface area contributed by atoms with Crippen molar-refractivity contribution >= 4 is 24.6 Å². The fraction of sp³-hybridized carbons (Fsp3) is 0.778. The Kier molecular flexibility index (Phi) is 7.28. The number of carbonyl (C=O) groups excluding carboxylic acids is 1. The van der Waals surface area contributed by atoms with Crippen molar-refractivity contribution in [1.29, 1.82) is 0 Å². The van der Waals surface area contributed by atoms with Gasteiger partial charge >= 0.3 is 11.9 Å². The van der Waals surface area contributed by atoms with Gasteiger partial charge in [0.1, 0.15) is 5.44 Å². The average molecular weight is 220 g/mol. The molecule has 0 aliphatic carbocycles. The number of ether oxygens (including phenoxy) is 1. The maximum absolute atomic E-state index is 11.0. The molecule has 0 aromatic heterocycles. The highest BCUT2D eigenvalue weighted by molar-refractivity contribution is 7.80. The van der Waals surface area contributed by atoms with E-state index < -0.39 is 5.97 Å². The van der Waals surface area contributed by atoms with Gasteiger partial charge in [-0.1, -0.05) is 6.92 Å². The summed E-state index contributed by atoms with van der Waals surface area (Å²) in [5.41, 5.74) is -0.345. The Balaban J connectivity index is 3.40. The second-order valence-electron chi connectivity index (χ2n) is 2.95. The maximum Gasteiger partial charge on any atom is 0.306 e. The van der Waals surface area contributed by atoms with Crippen LogP contribution in [0.2, 0.25) is 0 Å². The lowest BCUT2D eigenvalue weighted by Gasteiger charge is -2.09. The standard InChI is InChI=1S/C9H16O4S/c1-2-9(14)13-8(12)6-4-3-5-7(10)11/h9,14H,2-6H2,1H3,(H,10,11). The molecule has 0 saturated heterocycles. The quantitative estimate of drug-likeness (QED) is 0.297. The first-order valence-electron chi connectivity index (χ1n) is 4.65. The van der Waals surface area contributed by atoms with E-state index in [2.05, 4.69) is 12.6 Å². The van der Waals surface area contributed by atoms with Crippen LogP contribution in [0.5, 0.6) is 0 Å². The first-order chi connectivity index (χ1) is 6.56. The summed E-state index contributed by atoms with van der Waals surface area (Å²) in [6.45, 7) is 1.87. The maximum atomic E-state index is 11.0. The zero-order valence-electron chi connectivity index (χ0n) is 8.23. The fourth-order valence-electron chi connectivity index (χ4n) is 0.840. The Morgan fingerprint density at radius 1 is 1.36 bits per heavy atom. The van der Waals surface area contributed by atoms with Crippen LogP contribution in [-0.2, 0) is 14.3 Å². The lowest BCUT2D eigenvalue weighted by atomic mass is 10.2. The molecule has 1 N–H and O–H groups in total. The van der Waals surface area contributed by atoms with Gasteiger partial charge in [0, 0.05) is 12.8 Å². The molecule has 0 radical (unpaired) electrons. The third-order valence-electron chi connectivity index (χ3n) is 1.64. The van der Waals surface area contributed by atoms with Crippen LogP contribution in [0.15, 0.2) is 0 Å². The van der Waals surface area contributed by atoms with Crippen molar-refractivity contribution in [2.24, 2.45) is 0 Å². The van der Waals surface area contributed by atoms with Gasteiger partial charge in [0.05, 0.1) is 0 Å². The largest absolute Gasteiger partial charge is 0.481 e. The van der Waals surface area contributed by atoms with E-state index >= 15 is 0 Å². The van der Waals surface area contributed by atoms with E-state index in [-0.39, 0.29) is 24.2 Å². The number of hydrogen-bond donors (Lipinski definition) is 2. The Labute approximate surface area is 89.0 Å². The minimum absolute atomic E-state index is 0.103. The van der Waals surface area contributed by atoms with Crippen LogP contribution >= 0.6 is 12.6 Å². The molecule has 4 nitrogen and oxygen atoms in total. The van der Waals surface area contributed by atoms with Crippen LogP contribution in [0, 0.1) is 0 Å². The summed E-state index contributed by atoms with van der Waals surface area (Å²) in [6, 6.07) is 0. The lowest BCUT2D eigenvalue weighted by Crippen LogP contribution is -2.11. The smallest absolute Gasteiger partial charge is 0.306 e. The van der Waals surface area contributed by atoms with Crippen LogP contribution in [0.3, 0.4) is 0 Å². The Hall–Kier alpha value is -0.710. The number of rotatable bonds is 7. The predicted molar refractivity (Wildman–Crippen MR) is 55.3 cm³/mol. The molecule has 0 aromatic rings. The van der Waals surface area contributed by atoms with Crippen molar-refractivity contribution in [2.45, 2.75) is 44.5 Å².